The van der Waals surface area contributed by atoms with E-state index in [-0.39, 0.29) is 12.1 Å². The molecule has 0 aliphatic rings. The van der Waals surface area contributed by atoms with Gasteiger partial charge in [-0.25, -0.2) is 4.98 Å². The number of carbonyl (C=O) groups is 1. The molecular weight excluding hydrogens is 331 g/mol. The molecule has 0 aliphatic heterocycles. The number of amides is 1. The number of alkyl halides is 3. The molecule has 2 heterocycles. The molecule has 1 aromatic carbocycles. The molecule has 1 N–H and O–H groups in total. The Bertz CT molecular complexity index is 944. The molecule has 0 bridgehead atoms. The molecule has 0 saturated carbocycles. The van der Waals surface area contributed by atoms with Crippen molar-refractivity contribution in [1.82, 2.24) is 14.7 Å². The van der Waals surface area contributed by atoms with Crippen molar-refractivity contribution in [2.24, 2.45) is 0 Å². The first-order valence-corrected chi connectivity index (χ1v) is 7.66. The number of hydrogen-bond acceptors (Lipinski definition) is 2. The maximum absolute atomic E-state index is 13.0. The van der Waals surface area contributed by atoms with Gasteiger partial charge >= 0.3 is 6.18 Å². The van der Waals surface area contributed by atoms with Crippen molar-refractivity contribution in [1.29, 1.82) is 0 Å². The first kappa shape index (κ1) is 17.0. The Morgan fingerprint density at radius 3 is 2.60 bits per heavy atom. The van der Waals surface area contributed by atoms with Crippen LogP contribution in [0.5, 0.6) is 0 Å². The third kappa shape index (κ3) is 3.35. The fourth-order valence-electron chi connectivity index (χ4n) is 2.75. The quantitative estimate of drug-likeness (QED) is 0.781. The first-order chi connectivity index (χ1) is 11.8. The van der Waals surface area contributed by atoms with Crippen LogP contribution < -0.4 is 5.32 Å². The number of nitrogens with zero attached hydrogens (tertiary/aromatic N) is 2. The minimum atomic E-state index is -4.46. The maximum Gasteiger partial charge on any atom is 0.416 e. The fraction of sp³-hybridized carbons (Fsp3) is 0.222. The number of aryl methyl sites for hydroxylation is 2. The van der Waals surface area contributed by atoms with Crippen molar-refractivity contribution in [3.63, 3.8) is 0 Å². The topological polar surface area (TPSA) is 46.4 Å². The average Bonchev–Trinajstić information content (AvgIpc) is 2.87. The largest absolute Gasteiger partial charge is 0.416 e. The minimum absolute atomic E-state index is 0.0194. The molecule has 0 saturated heterocycles. The highest BCUT2D eigenvalue weighted by molar-refractivity contribution is 5.94. The third-order valence-corrected chi connectivity index (χ3v) is 3.92. The van der Waals surface area contributed by atoms with Crippen LogP contribution in [0.1, 0.15) is 32.9 Å². The SMILES string of the molecule is Cc1ccc2nc(C)c(C(=O)NCc3ccccc3C(F)(F)F)n2c1. The number of rotatable bonds is 3. The van der Waals surface area contributed by atoms with Gasteiger partial charge in [0.25, 0.3) is 5.91 Å². The number of hydrogen-bond donors (Lipinski definition) is 1. The van der Waals surface area contributed by atoms with Gasteiger partial charge in [-0.1, -0.05) is 24.3 Å². The van der Waals surface area contributed by atoms with Gasteiger partial charge < -0.3 is 5.32 Å². The average molecular weight is 347 g/mol. The number of fused-ring (bicyclic) bond motifs is 1. The third-order valence-electron chi connectivity index (χ3n) is 3.92. The summed E-state index contributed by atoms with van der Waals surface area (Å²) in [4.78, 5) is 16.8. The van der Waals surface area contributed by atoms with Gasteiger partial charge in [0.1, 0.15) is 11.3 Å². The van der Waals surface area contributed by atoms with E-state index in [4.69, 9.17) is 0 Å². The Morgan fingerprint density at radius 2 is 1.88 bits per heavy atom. The van der Waals surface area contributed by atoms with Gasteiger partial charge in [-0.3, -0.25) is 9.20 Å². The summed E-state index contributed by atoms with van der Waals surface area (Å²) in [6.45, 7) is 3.37. The molecule has 3 aromatic rings. The molecule has 0 radical (unpaired) electrons. The van der Waals surface area contributed by atoms with E-state index in [0.717, 1.165) is 11.6 Å². The molecule has 4 nitrogen and oxygen atoms in total. The van der Waals surface area contributed by atoms with Crippen molar-refractivity contribution in [2.45, 2.75) is 26.6 Å². The van der Waals surface area contributed by atoms with E-state index < -0.39 is 17.6 Å². The summed E-state index contributed by atoms with van der Waals surface area (Å²) in [5, 5.41) is 2.57. The van der Waals surface area contributed by atoms with Crippen molar-refractivity contribution >= 4 is 11.6 Å². The van der Waals surface area contributed by atoms with Crippen molar-refractivity contribution in [2.75, 3.05) is 0 Å². The van der Waals surface area contributed by atoms with Gasteiger partial charge in [0, 0.05) is 12.7 Å². The lowest BCUT2D eigenvalue weighted by Gasteiger charge is -2.13. The molecule has 7 heteroatoms. The summed E-state index contributed by atoms with van der Waals surface area (Å²) in [5.74, 6) is -0.465. The number of nitrogens with one attached hydrogen (secondary N) is 1. The number of pyridine rings is 1. The van der Waals surface area contributed by atoms with E-state index in [1.54, 1.807) is 23.6 Å². The number of imidazole rings is 1. The van der Waals surface area contributed by atoms with Crippen LogP contribution in [0.2, 0.25) is 0 Å². The number of halogens is 3. The van der Waals surface area contributed by atoms with E-state index in [1.165, 1.54) is 18.2 Å². The lowest BCUT2D eigenvalue weighted by molar-refractivity contribution is -0.138. The van der Waals surface area contributed by atoms with Crippen LogP contribution in [0, 0.1) is 13.8 Å². The zero-order valence-electron chi connectivity index (χ0n) is 13.7. The highest BCUT2D eigenvalue weighted by Crippen LogP contribution is 2.31. The van der Waals surface area contributed by atoms with Crippen LogP contribution in [0.4, 0.5) is 13.2 Å². The normalized spacial score (nSPS) is 11.7. The van der Waals surface area contributed by atoms with Gasteiger partial charge in [-0.15, -0.1) is 0 Å². The summed E-state index contributed by atoms with van der Waals surface area (Å²) in [6, 6.07) is 8.87. The van der Waals surface area contributed by atoms with Crippen LogP contribution in [-0.2, 0) is 12.7 Å². The molecule has 0 aliphatic carbocycles. The molecule has 2 aromatic heterocycles. The van der Waals surface area contributed by atoms with Gasteiger partial charge in [-0.2, -0.15) is 13.2 Å². The monoisotopic (exact) mass is 347 g/mol. The van der Waals surface area contributed by atoms with Crippen molar-refractivity contribution in [3.8, 4) is 0 Å². The summed E-state index contributed by atoms with van der Waals surface area (Å²) in [7, 11) is 0. The van der Waals surface area contributed by atoms with Gasteiger partial charge in [-0.05, 0) is 37.1 Å². The van der Waals surface area contributed by atoms with E-state index in [0.29, 0.717) is 17.0 Å². The smallest absolute Gasteiger partial charge is 0.347 e. The molecule has 1 amide bonds. The molecule has 0 fully saturated rings. The fourth-order valence-corrected chi connectivity index (χ4v) is 2.75. The Morgan fingerprint density at radius 1 is 1.16 bits per heavy atom. The van der Waals surface area contributed by atoms with Crippen LogP contribution in [0.15, 0.2) is 42.6 Å². The predicted molar refractivity (Wildman–Crippen MR) is 87.3 cm³/mol. The Kier molecular flexibility index (Phi) is 4.24. The Hall–Kier alpha value is -2.83. The van der Waals surface area contributed by atoms with Crippen LogP contribution >= 0.6 is 0 Å². The van der Waals surface area contributed by atoms with E-state index in [2.05, 4.69) is 10.3 Å². The Labute approximate surface area is 142 Å². The number of benzene rings is 1. The molecule has 0 spiro atoms. The zero-order valence-corrected chi connectivity index (χ0v) is 13.7. The van der Waals surface area contributed by atoms with Crippen molar-refractivity contribution in [3.05, 3.63) is 70.7 Å². The molecule has 3 rings (SSSR count). The van der Waals surface area contributed by atoms with Crippen molar-refractivity contribution < 1.29 is 18.0 Å². The second-order valence-electron chi connectivity index (χ2n) is 5.82. The first-order valence-electron chi connectivity index (χ1n) is 7.66. The van der Waals surface area contributed by atoms with Gasteiger partial charge in [0.2, 0.25) is 0 Å². The lowest BCUT2D eigenvalue weighted by atomic mass is 10.1. The minimum Gasteiger partial charge on any atom is -0.347 e. The highest BCUT2D eigenvalue weighted by atomic mass is 19.4. The van der Waals surface area contributed by atoms with Crippen LogP contribution in [0.3, 0.4) is 0 Å². The molecule has 0 unspecified atom stereocenters. The van der Waals surface area contributed by atoms with E-state index in [1.807, 2.05) is 13.0 Å². The summed E-state index contributed by atoms with van der Waals surface area (Å²) in [6.07, 6.45) is -2.69. The summed E-state index contributed by atoms with van der Waals surface area (Å²) < 4.78 is 40.8. The lowest BCUT2D eigenvalue weighted by Crippen LogP contribution is -2.26. The number of aromatic nitrogens is 2. The standard InChI is InChI=1S/C18H16F3N3O/c1-11-7-8-15-23-12(2)16(24(15)10-11)17(25)22-9-13-5-3-4-6-14(13)18(19,20)21/h3-8,10H,9H2,1-2H3,(H,22,25). The van der Waals surface area contributed by atoms with E-state index in [9.17, 15) is 18.0 Å². The van der Waals surface area contributed by atoms with Gasteiger partial charge in [0.15, 0.2) is 0 Å². The second kappa shape index (κ2) is 6.23. The number of carbonyl (C=O) groups excluding carboxylic acids is 1. The highest BCUT2D eigenvalue weighted by Gasteiger charge is 2.33. The zero-order chi connectivity index (χ0) is 18.2. The second-order valence-corrected chi connectivity index (χ2v) is 5.82. The predicted octanol–water partition coefficient (Wildman–Crippen LogP) is 3.90. The van der Waals surface area contributed by atoms with Crippen LogP contribution in [-0.4, -0.2) is 15.3 Å². The molecule has 25 heavy (non-hydrogen) atoms. The molecule has 0 atom stereocenters. The van der Waals surface area contributed by atoms with Crippen LogP contribution in [0.25, 0.3) is 5.65 Å². The molecular formula is C18H16F3N3O. The Balaban J connectivity index is 1.88. The van der Waals surface area contributed by atoms with E-state index >= 15 is 0 Å². The summed E-state index contributed by atoms with van der Waals surface area (Å²) >= 11 is 0. The molecule has 130 valence electrons. The van der Waals surface area contributed by atoms with Gasteiger partial charge in [0.05, 0.1) is 11.3 Å². The maximum atomic E-state index is 13.0. The summed E-state index contributed by atoms with van der Waals surface area (Å²) in [5.41, 5.74) is 1.67.